The Morgan fingerprint density at radius 3 is 2.72 bits per heavy atom. The minimum absolute atomic E-state index is 0.434. The van der Waals surface area contributed by atoms with Gasteiger partial charge in [0.15, 0.2) is 0 Å². The van der Waals surface area contributed by atoms with Crippen molar-refractivity contribution in [1.29, 1.82) is 0 Å². The molecule has 2 heteroatoms. The average Bonchev–Trinajstić information content (AvgIpc) is 2.32. The Morgan fingerprint density at radius 2 is 2.06 bits per heavy atom. The molecule has 4 atom stereocenters. The summed E-state index contributed by atoms with van der Waals surface area (Å²) in [6.07, 6.45) is 4.05. The molecule has 18 heavy (non-hydrogen) atoms. The number of hydrogen-bond acceptors (Lipinski definition) is 1. The van der Waals surface area contributed by atoms with Crippen molar-refractivity contribution in [3.63, 3.8) is 0 Å². The summed E-state index contributed by atoms with van der Waals surface area (Å²) in [6.45, 7) is 7.04. The standard InChI is InChI=1S/C16H24BrN/c1-11-7-8-16(12(2)9-11)18-13(3)14-5-4-6-15(17)10-14/h4-6,10-13,16,18H,7-9H2,1-3H3/t11?,12?,13-,16?/m0/s1. The fourth-order valence-corrected chi connectivity index (χ4v) is 3.52. The zero-order valence-electron chi connectivity index (χ0n) is 11.6. The highest BCUT2D eigenvalue weighted by Gasteiger charge is 2.26. The van der Waals surface area contributed by atoms with Crippen LogP contribution in [0.1, 0.15) is 51.6 Å². The summed E-state index contributed by atoms with van der Waals surface area (Å²) >= 11 is 3.55. The van der Waals surface area contributed by atoms with Crippen LogP contribution in [0.15, 0.2) is 28.7 Å². The minimum Gasteiger partial charge on any atom is -0.307 e. The summed E-state index contributed by atoms with van der Waals surface area (Å²) in [6, 6.07) is 9.73. The maximum Gasteiger partial charge on any atom is 0.0294 e. The quantitative estimate of drug-likeness (QED) is 0.835. The molecule has 0 aliphatic heterocycles. The van der Waals surface area contributed by atoms with Crippen LogP contribution >= 0.6 is 15.9 Å². The van der Waals surface area contributed by atoms with E-state index in [0.717, 1.165) is 11.8 Å². The van der Waals surface area contributed by atoms with Gasteiger partial charge in [-0.2, -0.15) is 0 Å². The van der Waals surface area contributed by atoms with Crippen molar-refractivity contribution in [3.05, 3.63) is 34.3 Å². The van der Waals surface area contributed by atoms with Gasteiger partial charge < -0.3 is 5.32 Å². The Hall–Kier alpha value is -0.340. The molecule has 0 bridgehead atoms. The Bertz CT molecular complexity index is 390. The second-order valence-electron chi connectivity index (χ2n) is 5.95. The molecule has 0 spiro atoms. The molecule has 3 unspecified atom stereocenters. The van der Waals surface area contributed by atoms with Crippen molar-refractivity contribution < 1.29 is 0 Å². The number of rotatable bonds is 3. The van der Waals surface area contributed by atoms with E-state index in [1.54, 1.807) is 0 Å². The van der Waals surface area contributed by atoms with Crippen molar-refractivity contribution >= 4 is 15.9 Å². The first-order valence-corrected chi connectivity index (χ1v) is 7.87. The van der Waals surface area contributed by atoms with E-state index in [2.05, 4.69) is 66.3 Å². The molecular weight excluding hydrogens is 286 g/mol. The van der Waals surface area contributed by atoms with Gasteiger partial charge in [-0.15, -0.1) is 0 Å². The van der Waals surface area contributed by atoms with Crippen LogP contribution in [-0.4, -0.2) is 6.04 Å². The lowest BCUT2D eigenvalue weighted by Crippen LogP contribution is -2.40. The van der Waals surface area contributed by atoms with Crippen LogP contribution in [-0.2, 0) is 0 Å². The van der Waals surface area contributed by atoms with E-state index >= 15 is 0 Å². The summed E-state index contributed by atoms with van der Waals surface area (Å²) in [5.41, 5.74) is 1.37. The minimum atomic E-state index is 0.434. The van der Waals surface area contributed by atoms with Gasteiger partial charge in [-0.25, -0.2) is 0 Å². The molecule has 1 aliphatic carbocycles. The summed E-state index contributed by atoms with van der Waals surface area (Å²) in [7, 11) is 0. The normalized spacial score (nSPS) is 30.1. The van der Waals surface area contributed by atoms with E-state index in [0.29, 0.717) is 12.1 Å². The number of nitrogens with one attached hydrogen (secondary N) is 1. The van der Waals surface area contributed by atoms with E-state index in [1.165, 1.54) is 29.3 Å². The first-order valence-electron chi connectivity index (χ1n) is 7.07. The van der Waals surface area contributed by atoms with E-state index < -0.39 is 0 Å². The predicted molar refractivity (Wildman–Crippen MR) is 81.7 cm³/mol. The molecule has 0 saturated heterocycles. The zero-order chi connectivity index (χ0) is 13.1. The number of benzene rings is 1. The number of hydrogen-bond donors (Lipinski definition) is 1. The van der Waals surface area contributed by atoms with E-state index in [1.807, 2.05) is 0 Å². The third-order valence-electron chi connectivity index (χ3n) is 4.24. The molecule has 1 fully saturated rings. The fraction of sp³-hybridized carbons (Fsp3) is 0.625. The smallest absolute Gasteiger partial charge is 0.0294 e. The predicted octanol–water partition coefficient (Wildman–Crippen LogP) is 4.92. The summed E-state index contributed by atoms with van der Waals surface area (Å²) < 4.78 is 1.17. The zero-order valence-corrected chi connectivity index (χ0v) is 13.2. The lowest BCUT2D eigenvalue weighted by molar-refractivity contribution is 0.216. The van der Waals surface area contributed by atoms with Gasteiger partial charge in [-0.1, -0.05) is 41.9 Å². The second-order valence-corrected chi connectivity index (χ2v) is 6.86. The molecule has 1 nitrogen and oxygen atoms in total. The van der Waals surface area contributed by atoms with Gasteiger partial charge in [0, 0.05) is 16.6 Å². The molecule has 1 N–H and O–H groups in total. The van der Waals surface area contributed by atoms with Gasteiger partial charge in [0.25, 0.3) is 0 Å². The lowest BCUT2D eigenvalue weighted by atomic mass is 9.79. The van der Waals surface area contributed by atoms with Gasteiger partial charge in [-0.3, -0.25) is 0 Å². The van der Waals surface area contributed by atoms with Crippen molar-refractivity contribution in [3.8, 4) is 0 Å². The van der Waals surface area contributed by atoms with Crippen LogP contribution in [0.2, 0.25) is 0 Å². The molecule has 1 saturated carbocycles. The molecule has 1 aromatic carbocycles. The largest absolute Gasteiger partial charge is 0.307 e. The molecular formula is C16H24BrN. The van der Waals surface area contributed by atoms with Crippen molar-refractivity contribution in [1.82, 2.24) is 5.32 Å². The van der Waals surface area contributed by atoms with Gasteiger partial charge in [-0.05, 0) is 55.7 Å². The fourth-order valence-electron chi connectivity index (χ4n) is 3.11. The van der Waals surface area contributed by atoms with Crippen molar-refractivity contribution in [2.75, 3.05) is 0 Å². The van der Waals surface area contributed by atoms with Crippen molar-refractivity contribution in [2.24, 2.45) is 11.8 Å². The van der Waals surface area contributed by atoms with Crippen LogP contribution < -0.4 is 5.32 Å². The van der Waals surface area contributed by atoms with Crippen LogP contribution in [0.5, 0.6) is 0 Å². The Kier molecular flexibility index (Phi) is 4.85. The molecule has 2 rings (SSSR count). The Balaban J connectivity index is 1.97. The summed E-state index contributed by atoms with van der Waals surface area (Å²) in [4.78, 5) is 0. The molecule has 0 heterocycles. The van der Waals surface area contributed by atoms with E-state index in [-0.39, 0.29) is 0 Å². The molecule has 1 aromatic rings. The second kappa shape index (κ2) is 6.21. The van der Waals surface area contributed by atoms with Crippen molar-refractivity contribution in [2.45, 2.75) is 52.1 Å². The third-order valence-corrected chi connectivity index (χ3v) is 4.74. The van der Waals surface area contributed by atoms with E-state index in [9.17, 15) is 0 Å². The van der Waals surface area contributed by atoms with E-state index in [4.69, 9.17) is 0 Å². The van der Waals surface area contributed by atoms with Crippen LogP contribution in [0, 0.1) is 11.8 Å². The third kappa shape index (κ3) is 3.58. The highest BCUT2D eigenvalue weighted by atomic mass is 79.9. The first-order chi connectivity index (χ1) is 8.56. The maximum absolute atomic E-state index is 3.81. The van der Waals surface area contributed by atoms with Gasteiger partial charge >= 0.3 is 0 Å². The average molecular weight is 310 g/mol. The first kappa shape index (κ1) is 14.1. The molecule has 100 valence electrons. The Labute approximate surface area is 119 Å². The molecule has 0 aromatic heterocycles. The summed E-state index contributed by atoms with van der Waals surface area (Å²) in [5, 5.41) is 3.81. The number of halogens is 1. The summed E-state index contributed by atoms with van der Waals surface area (Å²) in [5.74, 6) is 1.70. The highest BCUT2D eigenvalue weighted by molar-refractivity contribution is 9.10. The SMILES string of the molecule is CC1CCC(N[C@@H](C)c2cccc(Br)c2)C(C)C1. The molecule has 0 amide bonds. The van der Waals surface area contributed by atoms with Crippen LogP contribution in [0.4, 0.5) is 0 Å². The highest BCUT2D eigenvalue weighted by Crippen LogP contribution is 2.30. The maximum atomic E-state index is 3.81. The van der Waals surface area contributed by atoms with Crippen LogP contribution in [0.3, 0.4) is 0 Å². The van der Waals surface area contributed by atoms with Gasteiger partial charge in [0.05, 0.1) is 0 Å². The molecule has 1 aliphatic rings. The van der Waals surface area contributed by atoms with Gasteiger partial charge in [0.1, 0.15) is 0 Å². The Morgan fingerprint density at radius 1 is 1.28 bits per heavy atom. The van der Waals surface area contributed by atoms with Crippen LogP contribution in [0.25, 0.3) is 0 Å². The lowest BCUT2D eigenvalue weighted by Gasteiger charge is -2.35. The van der Waals surface area contributed by atoms with Gasteiger partial charge in [0.2, 0.25) is 0 Å². The molecule has 0 radical (unpaired) electrons. The topological polar surface area (TPSA) is 12.0 Å². The monoisotopic (exact) mass is 309 g/mol.